The Balaban J connectivity index is 2.06. The Hall–Kier alpha value is -1.30. The smallest absolute Gasteiger partial charge is 0.0124 e. The molecule has 0 aromatic heterocycles. The van der Waals surface area contributed by atoms with Gasteiger partial charge in [0.2, 0.25) is 0 Å². The van der Waals surface area contributed by atoms with Gasteiger partial charge in [-0.1, -0.05) is 61.1 Å². The van der Waals surface area contributed by atoms with E-state index in [9.17, 15) is 0 Å². The minimum atomic E-state index is 0.676. The quantitative estimate of drug-likeness (QED) is 0.669. The number of benzene rings is 1. The van der Waals surface area contributed by atoms with Crippen LogP contribution in [-0.2, 0) is 0 Å². The van der Waals surface area contributed by atoms with Crippen LogP contribution < -0.4 is 0 Å². The number of hydrogen-bond donors (Lipinski definition) is 0. The molecule has 84 valence electrons. The second-order valence-corrected chi connectivity index (χ2v) is 4.48. The maximum atomic E-state index is 2.39. The Kier molecular flexibility index (Phi) is 3.98. The molecule has 0 bridgehead atoms. The zero-order chi connectivity index (χ0) is 11.2. The van der Waals surface area contributed by atoms with Crippen molar-refractivity contribution in [2.45, 2.75) is 38.5 Å². The summed E-state index contributed by atoms with van der Waals surface area (Å²) in [7, 11) is 0. The zero-order valence-electron chi connectivity index (χ0n) is 10.0. The molecule has 0 fully saturated rings. The molecule has 0 aliphatic heterocycles. The first-order chi connectivity index (χ1) is 7.90. The lowest BCUT2D eigenvalue weighted by Crippen LogP contribution is -1.99. The van der Waals surface area contributed by atoms with Crippen LogP contribution in [0.25, 0.3) is 0 Å². The first-order valence-electron chi connectivity index (χ1n) is 6.30. The average molecular weight is 212 g/mol. The first-order valence-corrected chi connectivity index (χ1v) is 6.30. The second-order valence-electron chi connectivity index (χ2n) is 4.48. The molecule has 0 heteroatoms. The van der Waals surface area contributed by atoms with Crippen LogP contribution in [0, 0.1) is 0 Å². The van der Waals surface area contributed by atoms with Crippen LogP contribution in [0.1, 0.15) is 44.1 Å². The van der Waals surface area contributed by atoms with E-state index in [1.807, 2.05) is 0 Å². The lowest BCUT2D eigenvalue weighted by atomic mass is 9.88. The monoisotopic (exact) mass is 212 g/mol. The summed E-state index contributed by atoms with van der Waals surface area (Å²) in [6.07, 6.45) is 11.8. The van der Waals surface area contributed by atoms with Crippen LogP contribution in [0.15, 0.2) is 54.1 Å². The van der Waals surface area contributed by atoms with E-state index < -0.39 is 0 Å². The Labute approximate surface area is 98.7 Å². The molecule has 0 spiro atoms. The summed E-state index contributed by atoms with van der Waals surface area (Å²) in [5.41, 5.74) is 2.99. The predicted molar refractivity (Wildman–Crippen MR) is 70.5 cm³/mol. The summed E-state index contributed by atoms with van der Waals surface area (Å²) < 4.78 is 0. The molecule has 0 saturated carbocycles. The van der Waals surface area contributed by atoms with Gasteiger partial charge in [0.15, 0.2) is 0 Å². The molecular weight excluding hydrogens is 192 g/mol. The van der Waals surface area contributed by atoms with E-state index in [4.69, 9.17) is 0 Å². The molecular formula is C16H20. The molecule has 1 unspecified atom stereocenters. The van der Waals surface area contributed by atoms with E-state index >= 15 is 0 Å². The van der Waals surface area contributed by atoms with Crippen molar-refractivity contribution in [2.75, 3.05) is 0 Å². The fourth-order valence-electron chi connectivity index (χ4n) is 2.33. The normalized spacial score (nSPS) is 16.9. The standard InChI is InChI=1S/C16H20/c1-2-15(16-11-7-4-8-12-16)13-14-9-5-3-6-10-14/h4-5,7-12,15H,2-3,6,13H2,1H3. The number of rotatable bonds is 4. The van der Waals surface area contributed by atoms with E-state index in [0.29, 0.717) is 5.92 Å². The number of allylic oxidation sites excluding steroid dienone is 4. The summed E-state index contributed by atoms with van der Waals surface area (Å²) in [6.45, 7) is 2.28. The van der Waals surface area contributed by atoms with Crippen LogP contribution in [0.2, 0.25) is 0 Å². The van der Waals surface area contributed by atoms with Crippen LogP contribution in [-0.4, -0.2) is 0 Å². The summed E-state index contributed by atoms with van der Waals surface area (Å²) in [5.74, 6) is 0.676. The molecule has 0 radical (unpaired) electrons. The van der Waals surface area contributed by atoms with Gasteiger partial charge in [-0.3, -0.25) is 0 Å². The maximum Gasteiger partial charge on any atom is -0.0124 e. The highest BCUT2D eigenvalue weighted by atomic mass is 14.2. The van der Waals surface area contributed by atoms with E-state index in [-0.39, 0.29) is 0 Å². The molecule has 2 rings (SSSR count). The van der Waals surface area contributed by atoms with Crippen molar-refractivity contribution in [3.05, 3.63) is 59.7 Å². The molecule has 16 heavy (non-hydrogen) atoms. The zero-order valence-corrected chi connectivity index (χ0v) is 10.0. The van der Waals surface area contributed by atoms with Crippen molar-refractivity contribution < 1.29 is 0 Å². The van der Waals surface area contributed by atoms with Crippen molar-refractivity contribution in [3.8, 4) is 0 Å². The van der Waals surface area contributed by atoms with Crippen LogP contribution in [0.3, 0.4) is 0 Å². The molecule has 1 aliphatic rings. The van der Waals surface area contributed by atoms with Gasteiger partial charge in [-0.05, 0) is 37.2 Å². The Morgan fingerprint density at radius 3 is 2.56 bits per heavy atom. The van der Waals surface area contributed by atoms with Gasteiger partial charge < -0.3 is 0 Å². The Morgan fingerprint density at radius 2 is 1.94 bits per heavy atom. The lowest BCUT2D eigenvalue weighted by Gasteiger charge is -2.17. The van der Waals surface area contributed by atoms with E-state index in [0.717, 1.165) is 0 Å². The molecule has 1 aromatic rings. The third-order valence-corrected chi connectivity index (χ3v) is 3.32. The van der Waals surface area contributed by atoms with Crippen molar-refractivity contribution in [2.24, 2.45) is 0 Å². The van der Waals surface area contributed by atoms with Gasteiger partial charge in [0.1, 0.15) is 0 Å². The van der Waals surface area contributed by atoms with E-state index in [1.165, 1.54) is 36.8 Å². The highest BCUT2D eigenvalue weighted by Gasteiger charge is 2.10. The topological polar surface area (TPSA) is 0 Å². The summed E-state index contributed by atoms with van der Waals surface area (Å²) >= 11 is 0. The van der Waals surface area contributed by atoms with Gasteiger partial charge in [-0.2, -0.15) is 0 Å². The van der Waals surface area contributed by atoms with Gasteiger partial charge in [-0.15, -0.1) is 0 Å². The average Bonchev–Trinajstić information content (AvgIpc) is 2.38. The van der Waals surface area contributed by atoms with Gasteiger partial charge in [0, 0.05) is 0 Å². The van der Waals surface area contributed by atoms with Gasteiger partial charge in [0.25, 0.3) is 0 Å². The van der Waals surface area contributed by atoms with Crippen molar-refractivity contribution in [1.82, 2.24) is 0 Å². The highest BCUT2D eigenvalue weighted by Crippen LogP contribution is 2.28. The minimum Gasteiger partial charge on any atom is -0.0840 e. The molecule has 1 aromatic carbocycles. The highest BCUT2D eigenvalue weighted by molar-refractivity contribution is 5.27. The maximum absolute atomic E-state index is 2.39. The van der Waals surface area contributed by atoms with E-state index in [1.54, 1.807) is 0 Å². The second kappa shape index (κ2) is 5.69. The third kappa shape index (κ3) is 2.85. The summed E-state index contributed by atoms with van der Waals surface area (Å²) in [4.78, 5) is 0. The molecule has 1 aliphatic carbocycles. The van der Waals surface area contributed by atoms with Gasteiger partial charge in [0.05, 0.1) is 0 Å². The summed E-state index contributed by atoms with van der Waals surface area (Å²) in [5, 5.41) is 0. The van der Waals surface area contributed by atoms with Crippen molar-refractivity contribution in [1.29, 1.82) is 0 Å². The van der Waals surface area contributed by atoms with Crippen molar-refractivity contribution >= 4 is 0 Å². The van der Waals surface area contributed by atoms with Gasteiger partial charge in [-0.25, -0.2) is 0 Å². The molecule has 0 N–H and O–H groups in total. The predicted octanol–water partition coefficient (Wildman–Crippen LogP) is 4.85. The third-order valence-electron chi connectivity index (χ3n) is 3.32. The minimum absolute atomic E-state index is 0.676. The molecule has 0 nitrogen and oxygen atoms in total. The Bertz CT molecular complexity index is 370. The lowest BCUT2D eigenvalue weighted by molar-refractivity contribution is 0.659. The summed E-state index contributed by atoms with van der Waals surface area (Å²) in [6, 6.07) is 10.9. The van der Waals surface area contributed by atoms with Crippen LogP contribution in [0.5, 0.6) is 0 Å². The largest absolute Gasteiger partial charge is 0.0840 e. The fourth-order valence-corrected chi connectivity index (χ4v) is 2.33. The van der Waals surface area contributed by atoms with Gasteiger partial charge >= 0.3 is 0 Å². The fraction of sp³-hybridized carbons (Fsp3) is 0.375. The molecule has 0 amide bonds. The SMILES string of the molecule is CCC(CC1=CCCC=C1)c1ccccc1. The van der Waals surface area contributed by atoms with Crippen LogP contribution >= 0.6 is 0 Å². The number of hydrogen-bond acceptors (Lipinski definition) is 0. The first kappa shape index (κ1) is 11.2. The Morgan fingerprint density at radius 1 is 1.12 bits per heavy atom. The van der Waals surface area contributed by atoms with E-state index in [2.05, 4.69) is 55.5 Å². The molecule has 0 saturated heterocycles. The van der Waals surface area contributed by atoms with Crippen molar-refractivity contribution in [3.63, 3.8) is 0 Å². The van der Waals surface area contributed by atoms with Crippen LogP contribution in [0.4, 0.5) is 0 Å². The molecule has 0 heterocycles. The molecule has 1 atom stereocenters.